The quantitative estimate of drug-likeness (QED) is 0.659. The van der Waals surface area contributed by atoms with Gasteiger partial charge in [-0.25, -0.2) is 0 Å². The third-order valence-corrected chi connectivity index (χ3v) is 2.92. The van der Waals surface area contributed by atoms with Gasteiger partial charge in [0, 0.05) is 12.6 Å². The number of amides is 3. The van der Waals surface area contributed by atoms with E-state index < -0.39 is 6.04 Å². The monoisotopic (exact) mass is 269 g/mol. The normalized spacial score (nSPS) is 19.7. The molecule has 0 spiro atoms. The van der Waals surface area contributed by atoms with E-state index in [9.17, 15) is 14.4 Å². The molecule has 6 heteroatoms. The Hall–Kier alpha value is -1.43. The zero-order valence-electron chi connectivity index (χ0n) is 12.0. The zero-order chi connectivity index (χ0) is 14.6. The average Bonchev–Trinajstić information content (AvgIpc) is 2.58. The van der Waals surface area contributed by atoms with Crippen LogP contribution in [0.25, 0.3) is 0 Å². The second-order valence-electron chi connectivity index (χ2n) is 5.53. The van der Waals surface area contributed by atoms with Crippen LogP contribution in [0, 0.1) is 5.92 Å². The minimum Gasteiger partial charge on any atom is -0.355 e. The predicted octanol–water partition coefficient (Wildman–Crippen LogP) is -0.116. The van der Waals surface area contributed by atoms with Gasteiger partial charge in [-0.15, -0.1) is 0 Å². The first-order valence-electron chi connectivity index (χ1n) is 6.69. The van der Waals surface area contributed by atoms with Gasteiger partial charge in [0.15, 0.2) is 0 Å². The van der Waals surface area contributed by atoms with Gasteiger partial charge in [0.2, 0.25) is 17.7 Å². The second kappa shape index (κ2) is 6.65. The summed E-state index contributed by atoms with van der Waals surface area (Å²) in [7, 11) is 0. The third-order valence-electron chi connectivity index (χ3n) is 2.92. The van der Waals surface area contributed by atoms with Gasteiger partial charge in [-0.05, 0) is 19.8 Å². The lowest BCUT2D eigenvalue weighted by Crippen LogP contribution is -2.45. The molecule has 1 fully saturated rings. The summed E-state index contributed by atoms with van der Waals surface area (Å²) >= 11 is 0. The molecule has 0 bridgehead atoms. The number of nitrogens with one attached hydrogen (secondary N) is 2. The van der Waals surface area contributed by atoms with Crippen LogP contribution in [0.1, 0.15) is 34.1 Å². The fourth-order valence-corrected chi connectivity index (χ4v) is 1.95. The molecule has 1 unspecified atom stereocenters. The molecule has 1 atom stereocenters. The molecule has 3 amide bonds. The number of carbonyl (C=O) groups excluding carboxylic acids is 3. The van der Waals surface area contributed by atoms with E-state index in [1.54, 1.807) is 13.8 Å². The maximum absolute atomic E-state index is 11.9. The second-order valence-corrected chi connectivity index (χ2v) is 5.53. The summed E-state index contributed by atoms with van der Waals surface area (Å²) < 4.78 is 0. The smallest absolute Gasteiger partial charge is 0.247 e. The van der Waals surface area contributed by atoms with Crippen LogP contribution in [-0.2, 0) is 14.4 Å². The summed E-state index contributed by atoms with van der Waals surface area (Å²) in [6, 6.07) is -0.707. The first-order chi connectivity index (χ1) is 8.82. The van der Waals surface area contributed by atoms with Gasteiger partial charge in [0.1, 0.15) is 0 Å². The van der Waals surface area contributed by atoms with Crippen LogP contribution >= 0.6 is 0 Å². The van der Waals surface area contributed by atoms with Crippen molar-refractivity contribution in [3.63, 3.8) is 0 Å². The van der Waals surface area contributed by atoms with Crippen LogP contribution in [0.5, 0.6) is 0 Å². The maximum atomic E-state index is 11.9. The summed E-state index contributed by atoms with van der Waals surface area (Å²) in [5, 5.41) is 5.60. The molecule has 0 aromatic carbocycles. The number of hydrogen-bond donors (Lipinski definition) is 2. The molecule has 0 radical (unpaired) electrons. The van der Waals surface area contributed by atoms with Gasteiger partial charge in [-0.1, -0.05) is 13.8 Å². The molecule has 0 aromatic heterocycles. The van der Waals surface area contributed by atoms with E-state index in [1.165, 1.54) is 4.90 Å². The molecular formula is C13H23N3O3. The average molecular weight is 269 g/mol. The lowest BCUT2D eigenvalue weighted by atomic mass is 10.2. The predicted molar refractivity (Wildman–Crippen MR) is 71.2 cm³/mol. The highest BCUT2D eigenvalue weighted by atomic mass is 16.2. The van der Waals surface area contributed by atoms with E-state index in [4.69, 9.17) is 0 Å². The molecule has 1 aliphatic rings. The van der Waals surface area contributed by atoms with E-state index in [0.29, 0.717) is 12.5 Å². The fourth-order valence-electron chi connectivity index (χ4n) is 1.95. The first-order valence-corrected chi connectivity index (χ1v) is 6.69. The van der Waals surface area contributed by atoms with Crippen LogP contribution in [0.4, 0.5) is 0 Å². The molecule has 0 saturated carbocycles. The summed E-state index contributed by atoms with van der Waals surface area (Å²) in [6.07, 6.45) is 0.133. The van der Waals surface area contributed by atoms with E-state index >= 15 is 0 Å². The van der Waals surface area contributed by atoms with Crippen LogP contribution < -0.4 is 10.6 Å². The molecule has 1 aliphatic heterocycles. The highest BCUT2D eigenvalue weighted by Gasteiger charge is 2.39. The summed E-state index contributed by atoms with van der Waals surface area (Å²) in [5.41, 5.74) is 0. The summed E-state index contributed by atoms with van der Waals surface area (Å²) in [5.74, 6) is -0.191. The Kier molecular flexibility index (Phi) is 5.47. The van der Waals surface area contributed by atoms with Crippen LogP contribution in [0.15, 0.2) is 0 Å². The Bertz CT molecular complexity index is 366. The lowest BCUT2D eigenvalue weighted by Gasteiger charge is -2.19. The number of nitrogens with zero attached hydrogens (tertiary/aromatic N) is 1. The Morgan fingerprint density at radius 2 is 1.95 bits per heavy atom. The van der Waals surface area contributed by atoms with Gasteiger partial charge >= 0.3 is 0 Å². The van der Waals surface area contributed by atoms with Crippen molar-refractivity contribution < 1.29 is 14.4 Å². The minimum atomic E-state index is -0.570. The van der Waals surface area contributed by atoms with Crippen molar-refractivity contribution in [1.29, 1.82) is 0 Å². The van der Waals surface area contributed by atoms with Crippen molar-refractivity contribution >= 4 is 17.7 Å². The van der Waals surface area contributed by atoms with Crippen molar-refractivity contribution in [3.05, 3.63) is 0 Å². The van der Waals surface area contributed by atoms with E-state index in [2.05, 4.69) is 10.6 Å². The van der Waals surface area contributed by atoms with E-state index in [-0.39, 0.29) is 36.7 Å². The number of hydrogen-bond acceptors (Lipinski definition) is 4. The standard InChI is InChI=1S/C13H23N3O3/c1-8(2)6-15-11(17)7-14-10-5-12(18)16(9(3)4)13(10)19/h8-10,14H,5-7H2,1-4H3,(H,15,17). The van der Waals surface area contributed by atoms with Crippen molar-refractivity contribution in [2.75, 3.05) is 13.1 Å². The third kappa shape index (κ3) is 4.31. The Morgan fingerprint density at radius 1 is 1.32 bits per heavy atom. The maximum Gasteiger partial charge on any atom is 0.247 e. The van der Waals surface area contributed by atoms with Crippen molar-refractivity contribution in [2.45, 2.75) is 46.2 Å². The molecule has 0 aliphatic carbocycles. The molecule has 1 heterocycles. The van der Waals surface area contributed by atoms with E-state index in [0.717, 1.165) is 0 Å². The Balaban J connectivity index is 2.41. The number of likely N-dealkylation sites (tertiary alicyclic amines) is 1. The Morgan fingerprint density at radius 3 is 2.42 bits per heavy atom. The molecule has 108 valence electrons. The Labute approximate surface area is 113 Å². The highest BCUT2D eigenvalue weighted by molar-refractivity contribution is 6.06. The van der Waals surface area contributed by atoms with Crippen LogP contribution in [0.2, 0.25) is 0 Å². The number of carbonyl (C=O) groups is 3. The van der Waals surface area contributed by atoms with Gasteiger partial charge in [-0.2, -0.15) is 0 Å². The van der Waals surface area contributed by atoms with Crippen LogP contribution in [0.3, 0.4) is 0 Å². The van der Waals surface area contributed by atoms with E-state index in [1.807, 2.05) is 13.8 Å². The van der Waals surface area contributed by atoms with Crippen molar-refractivity contribution in [1.82, 2.24) is 15.5 Å². The van der Waals surface area contributed by atoms with Gasteiger partial charge in [-0.3, -0.25) is 24.6 Å². The summed E-state index contributed by atoms with van der Waals surface area (Å²) in [6.45, 7) is 8.28. The number of imide groups is 1. The minimum absolute atomic E-state index is 0.0579. The molecule has 1 saturated heterocycles. The van der Waals surface area contributed by atoms with Gasteiger partial charge in [0.05, 0.1) is 19.0 Å². The molecule has 6 nitrogen and oxygen atoms in total. The van der Waals surface area contributed by atoms with Gasteiger partial charge in [0.25, 0.3) is 0 Å². The zero-order valence-corrected chi connectivity index (χ0v) is 12.0. The molecular weight excluding hydrogens is 246 g/mol. The van der Waals surface area contributed by atoms with Crippen molar-refractivity contribution in [3.8, 4) is 0 Å². The van der Waals surface area contributed by atoms with Gasteiger partial charge < -0.3 is 5.32 Å². The molecule has 2 N–H and O–H groups in total. The molecule has 1 rings (SSSR count). The lowest BCUT2D eigenvalue weighted by molar-refractivity contribution is -0.140. The SMILES string of the molecule is CC(C)CNC(=O)CNC1CC(=O)N(C(C)C)C1=O. The fraction of sp³-hybridized carbons (Fsp3) is 0.769. The van der Waals surface area contributed by atoms with Crippen molar-refractivity contribution in [2.24, 2.45) is 5.92 Å². The molecule has 0 aromatic rings. The molecule has 19 heavy (non-hydrogen) atoms. The largest absolute Gasteiger partial charge is 0.355 e. The first kappa shape index (κ1) is 15.6. The topological polar surface area (TPSA) is 78.5 Å². The highest BCUT2D eigenvalue weighted by Crippen LogP contribution is 2.15. The summed E-state index contributed by atoms with van der Waals surface area (Å²) in [4.78, 5) is 36.4. The number of rotatable bonds is 6. The van der Waals surface area contributed by atoms with Crippen LogP contribution in [-0.4, -0.2) is 47.8 Å².